The maximum atomic E-state index is 14.3. The van der Waals surface area contributed by atoms with Gasteiger partial charge in [0.15, 0.2) is 6.10 Å². The second-order valence-electron chi connectivity index (χ2n) is 10.6. The fourth-order valence-electron chi connectivity index (χ4n) is 6.50. The molecule has 1 unspecified atom stereocenters. The number of carboxylic acid groups (broad SMARTS) is 1. The first-order valence-corrected chi connectivity index (χ1v) is 12.4. The van der Waals surface area contributed by atoms with Crippen LogP contribution in [0.3, 0.4) is 0 Å². The van der Waals surface area contributed by atoms with Crippen molar-refractivity contribution < 1.29 is 42.5 Å². The molecule has 37 heavy (non-hydrogen) atoms. The number of hydrogen-bond donors (Lipinski definition) is 0. The van der Waals surface area contributed by atoms with E-state index >= 15 is 0 Å². The minimum atomic E-state index is -4.46. The molecule has 0 N–H and O–H groups in total. The Morgan fingerprint density at radius 1 is 0.919 bits per heavy atom. The molecule has 0 aromatic heterocycles. The molecule has 0 radical (unpaired) electrons. The highest BCUT2D eigenvalue weighted by Gasteiger charge is 2.57. The molecule has 6 rings (SSSR count). The Bertz CT molecular complexity index is 1150. The lowest BCUT2D eigenvalue weighted by molar-refractivity contribution is -0.336. The van der Waals surface area contributed by atoms with Gasteiger partial charge in [-0.05, 0) is 92.5 Å². The SMILES string of the molecule is CC1(OC(=O)Oc2ccc(C(=O)OC(c3ccccc3)C(F)(F)C(=O)[O-])cc2)C2CC3CC(C2)CC1C3. The second-order valence-corrected chi connectivity index (χ2v) is 10.6. The lowest BCUT2D eigenvalue weighted by atomic mass is 9.50. The molecule has 0 aliphatic heterocycles. The molecule has 4 aliphatic rings. The largest absolute Gasteiger partial charge is 0.544 e. The van der Waals surface area contributed by atoms with Crippen LogP contribution in [0.1, 0.15) is 61.1 Å². The van der Waals surface area contributed by atoms with Gasteiger partial charge in [0.25, 0.3) is 0 Å². The van der Waals surface area contributed by atoms with Gasteiger partial charge in [-0.25, -0.2) is 9.59 Å². The maximum Gasteiger partial charge on any atom is 0.514 e. The highest BCUT2D eigenvalue weighted by atomic mass is 19.3. The standard InChI is InChI=1S/C28H28F2O7/c1-27(20-12-16-11-17(14-20)15-21(27)13-16)37-26(34)35-22-9-7-19(8-10-22)24(31)36-23(28(29,30)25(32)33)18-5-3-2-4-6-18/h2-10,16-17,20-21,23H,11-15H2,1H3,(H,32,33)/p-1. The summed E-state index contributed by atoms with van der Waals surface area (Å²) >= 11 is 0. The van der Waals surface area contributed by atoms with E-state index in [1.54, 1.807) is 6.07 Å². The molecule has 4 saturated carbocycles. The Morgan fingerprint density at radius 2 is 1.49 bits per heavy atom. The number of rotatable bonds is 7. The minimum absolute atomic E-state index is 0.105. The third-order valence-electron chi connectivity index (χ3n) is 8.28. The van der Waals surface area contributed by atoms with Crippen LogP contribution in [-0.2, 0) is 14.3 Å². The van der Waals surface area contributed by atoms with E-state index in [0.717, 1.165) is 37.5 Å². The van der Waals surface area contributed by atoms with Crippen LogP contribution >= 0.6 is 0 Å². The third kappa shape index (κ3) is 4.79. The molecule has 4 bridgehead atoms. The molecule has 196 valence electrons. The van der Waals surface area contributed by atoms with Crippen LogP contribution < -0.4 is 9.84 Å². The Hall–Kier alpha value is -3.49. The highest BCUT2D eigenvalue weighted by molar-refractivity contribution is 5.90. The second kappa shape index (κ2) is 9.43. The predicted octanol–water partition coefficient (Wildman–Crippen LogP) is 4.70. The van der Waals surface area contributed by atoms with Crippen molar-refractivity contribution in [2.45, 2.75) is 56.7 Å². The van der Waals surface area contributed by atoms with Crippen LogP contribution in [0.25, 0.3) is 0 Å². The molecular formula is C28H27F2O7-. The summed E-state index contributed by atoms with van der Waals surface area (Å²) in [6, 6.07) is 11.9. The number of halogens is 2. The van der Waals surface area contributed by atoms with Gasteiger partial charge in [-0.3, -0.25) is 0 Å². The van der Waals surface area contributed by atoms with E-state index in [-0.39, 0.29) is 16.9 Å². The van der Waals surface area contributed by atoms with Gasteiger partial charge in [0.2, 0.25) is 0 Å². The smallest absolute Gasteiger partial charge is 0.514 e. The summed E-state index contributed by atoms with van der Waals surface area (Å²) in [4.78, 5) is 36.2. The van der Waals surface area contributed by atoms with Crippen molar-refractivity contribution >= 4 is 18.1 Å². The van der Waals surface area contributed by atoms with Crippen molar-refractivity contribution in [1.82, 2.24) is 0 Å². The van der Waals surface area contributed by atoms with Crippen LogP contribution in [0.5, 0.6) is 5.75 Å². The molecule has 2 aromatic carbocycles. The summed E-state index contributed by atoms with van der Waals surface area (Å²) in [5.41, 5.74) is -0.903. The Labute approximate surface area is 212 Å². The van der Waals surface area contributed by atoms with E-state index in [9.17, 15) is 28.3 Å². The summed E-state index contributed by atoms with van der Waals surface area (Å²) < 4.78 is 44.7. The molecule has 0 amide bonds. The van der Waals surface area contributed by atoms with Gasteiger partial charge in [-0.1, -0.05) is 30.3 Å². The van der Waals surface area contributed by atoms with Gasteiger partial charge in [0.05, 0.1) is 5.56 Å². The molecule has 0 heterocycles. The van der Waals surface area contributed by atoms with Crippen molar-refractivity contribution in [3.8, 4) is 5.75 Å². The lowest BCUT2D eigenvalue weighted by Crippen LogP contribution is -2.58. The van der Waals surface area contributed by atoms with E-state index < -0.39 is 35.7 Å². The zero-order valence-electron chi connectivity index (χ0n) is 20.2. The van der Waals surface area contributed by atoms with E-state index in [4.69, 9.17) is 14.2 Å². The van der Waals surface area contributed by atoms with E-state index in [0.29, 0.717) is 11.8 Å². The Kier molecular flexibility index (Phi) is 6.41. The molecule has 0 spiro atoms. The van der Waals surface area contributed by atoms with Crippen LogP contribution in [0, 0.1) is 23.7 Å². The van der Waals surface area contributed by atoms with Gasteiger partial charge >= 0.3 is 18.0 Å². The normalized spacial score (nSPS) is 28.8. The van der Waals surface area contributed by atoms with Crippen molar-refractivity contribution in [1.29, 1.82) is 0 Å². The zero-order chi connectivity index (χ0) is 26.4. The van der Waals surface area contributed by atoms with Gasteiger partial charge in [0, 0.05) is 0 Å². The molecule has 0 saturated heterocycles. The van der Waals surface area contributed by atoms with Gasteiger partial charge < -0.3 is 24.1 Å². The predicted molar refractivity (Wildman–Crippen MR) is 124 cm³/mol. The minimum Gasteiger partial charge on any atom is -0.544 e. The number of carboxylic acids is 1. The first kappa shape index (κ1) is 25.2. The number of aliphatic carboxylic acids is 1. The molecular weight excluding hydrogens is 486 g/mol. The number of alkyl halides is 2. The van der Waals surface area contributed by atoms with Crippen LogP contribution in [0.4, 0.5) is 13.6 Å². The number of hydrogen-bond acceptors (Lipinski definition) is 7. The van der Waals surface area contributed by atoms with Crippen molar-refractivity contribution in [3.63, 3.8) is 0 Å². The Balaban J connectivity index is 1.23. The maximum absolute atomic E-state index is 14.3. The molecule has 4 aliphatic carbocycles. The lowest BCUT2D eigenvalue weighted by Gasteiger charge is -2.58. The van der Waals surface area contributed by atoms with Gasteiger partial charge in [-0.2, -0.15) is 8.78 Å². The van der Waals surface area contributed by atoms with Crippen molar-refractivity contribution in [2.24, 2.45) is 23.7 Å². The molecule has 4 fully saturated rings. The zero-order valence-corrected chi connectivity index (χ0v) is 20.2. The van der Waals surface area contributed by atoms with Gasteiger partial charge in [0.1, 0.15) is 17.3 Å². The fraction of sp³-hybridized carbons (Fsp3) is 0.464. The van der Waals surface area contributed by atoms with Crippen LogP contribution in [0.2, 0.25) is 0 Å². The summed E-state index contributed by atoms with van der Waals surface area (Å²) in [5, 5.41) is 11.0. The fourth-order valence-corrected chi connectivity index (χ4v) is 6.50. The summed E-state index contributed by atoms with van der Waals surface area (Å²) in [7, 11) is 0. The molecule has 9 heteroatoms. The molecule has 2 aromatic rings. The van der Waals surface area contributed by atoms with E-state index in [1.165, 1.54) is 55.0 Å². The first-order valence-electron chi connectivity index (χ1n) is 12.4. The van der Waals surface area contributed by atoms with Crippen molar-refractivity contribution in [2.75, 3.05) is 0 Å². The number of carbonyl (C=O) groups is 3. The molecule has 1 atom stereocenters. The number of benzene rings is 2. The topological polar surface area (TPSA) is 102 Å². The number of carbonyl (C=O) groups excluding carboxylic acids is 3. The summed E-state index contributed by atoms with van der Waals surface area (Å²) in [5.74, 6) is -6.11. The summed E-state index contributed by atoms with van der Waals surface area (Å²) in [6.45, 7) is 1.99. The van der Waals surface area contributed by atoms with Crippen LogP contribution in [0.15, 0.2) is 54.6 Å². The van der Waals surface area contributed by atoms with Gasteiger partial charge in [-0.15, -0.1) is 0 Å². The average molecular weight is 514 g/mol. The first-order chi connectivity index (χ1) is 17.6. The monoisotopic (exact) mass is 513 g/mol. The average Bonchev–Trinajstić information content (AvgIpc) is 2.86. The van der Waals surface area contributed by atoms with Crippen LogP contribution in [-0.4, -0.2) is 29.6 Å². The Morgan fingerprint density at radius 3 is 2.03 bits per heavy atom. The number of esters is 1. The van der Waals surface area contributed by atoms with E-state index in [1.807, 2.05) is 6.92 Å². The number of ether oxygens (including phenoxy) is 3. The third-order valence-corrected chi connectivity index (χ3v) is 8.28. The molecule has 7 nitrogen and oxygen atoms in total. The van der Waals surface area contributed by atoms with Crippen molar-refractivity contribution in [3.05, 3.63) is 65.7 Å². The quantitative estimate of drug-likeness (QED) is 0.391. The van der Waals surface area contributed by atoms with E-state index in [2.05, 4.69) is 0 Å². The highest BCUT2D eigenvalue weighted by Crippen LogP contribution is 2.59. The summed E-state index contributed by atoms with van der Waals surface area (Å²) in [6.07, 6.45) is 2.31.